The minimum absolute atomic E-state index is 0.0242. The van der Waals surface area contributed by atoms with Gasteiger partial charge in [0.2, 0.25) is 5.91 Å². The minimum Gasteiger partial charge on any atom is -0.356 e. The van der Waals surface area contributed by atoms with Gasteiger partial charge >= 0.3 is 0 Å². The maximum absolute atomic E-state index is 11.9. The molecule has 1 unspecified atom stereocenters. The zero-order chi connectivity index (χ0) is 17.9. The largest absolute Gasteiger partial charge is 0.356 e. The molecule has 23 heavy (non-hydrogen) atoms. The van der Waals surface area contributed by atoms with Crippen LogP contribution in [0.1, 0.15) is 19.8 Å². The van der Waals surface area contributed by atoms with Gasteiger partial charge in [-0.3, -0.25) is 9.35 Å². The Balaban J connectivity index is 3.85. The molecular formula is C14H32N3O4S2+. The summed E-state index contributed by atoms with van der Waals surface area (Å²) in [7, 11) is 0.145. The molecule has 138 valence electrons. The molecule has 1 amide bonds. The smallest absolute Gasteiger partial charge is 0.265 e. The maximum atomic E-state index is 11.9. The Hall–Kier alpha value is -0.350. The molecule has 0 aromatic carbocycles. The van der Waals surface area contributed by atoms with E-state index in [4.69, 9.17) is 10.3 Å². The SMILES string of the molecule is CC(CSCCN)C(=O)NCCC[N+](C)(C)CCCS(=O)(=O)O. The first-order chi connectivity index (χ1) is 10.6. The lowest BCUT2D eigenvalue weighted by atomic mass is 10.2. The molecule has 0 aliphatic rings. The molecule has 0 bridgehead atoms. The van der Waals surface area contributed by atoms with Crippen LogP contribution in [0.2, 0.25) is 0 Å². The Morgan fingerprint density at radius 3 is 2.48 bits per heavy atom. The summed E-state index contributed by atoms with van der Waals surface area (Å²) in [6.07, 6.45) is 1.25. The Labute approximate surface area is 144 Å². The van der Waals surface area contributed by atoms with Crippen molar-refractivity contribution >= 4 is 27.8 Å². The minimum atomic E-state index is -3.88. The monoisotopic (exact) mass is 370 g/mol. The van der Waals surface area contributed by atoms with Crippen molar-refractivity contribution in [1.29, 1.82) is 0 Å². The van der Waals surface area contributed by atoms with Crippen molar-refractivity contribution in [3.8, 4) is 0 Å². The lowest BCUT2D eigenvalue weighted by Gasteiger charge is -2.29. The van der Waals surface area contributed by atoms with Crippen molar-refractivity contribution in [3.05, 3.63) is 0 Å². The van der Waals surface area contributed by atoms with Crippen LogP contribution < -0.4 is 11.1 Å². The highest BCUT2D eigenvalue weighted by atomic mass is 32.2. The average Bonchev–Trinajstić information content (AvgIpc) is 2.41. The predicted octanol–water partition coefficient (Wildman–Crippen LogP) is 0.175. The van der Waals surface area contributed by atoms with Gasteiger partial charge in [-0.25, -0.2) is 0 Å². The van der Waals surface area contributed by atoms with E-state index in [0.29, 0.717) is 30.5 Å². The molecule has 0 saturated heterocycles. The topological polar surface area (TPSA) is 109 Å². The Morgan fingerprint density at radius 1 is 1.30 bits per heavy atom. The number of rotatable bonds is 13. The van der Waals surface area contributed by atoms with Crippen LogP contribution >= 0.6 is 11.8 Å². The molecule has 0 radical (unpaired) electrons. The molecule has 0 fully saturated rings. The number of carbonyl (C=O) groups excluding carboxylic acids is 1. The highest BCUT2D eigenvalue weighted by Crippen LogP contribution is 2.07. The second-order valence-electron chi connectivity index (χ2n) is 6.43. The summed E-state index contributed by atoms with van der Waals surface area (Å²) in [6.45, 7) is 4.66. The van der Waals surface area contributed by atoms with Crippen LogP contribution in [0.3, 0.4) is 0 Å². The van der Waals surface area contributed by atoms with Crippen LogP contribution in [0, 0.1) is 5.92 Å². The van der Waals surface area contributed by atoms with Gasteiger partial charge in [0.1, 0.15) is 0 Å². The van der Waals surface area contributed by atoms with Crippen LogP contribution in [0.4, 0.5) is 0 Å². The van der Waals surface area contributed by atoms with E-state index in [2.05, 4.69) is 5.32 Å². The molecule has 7 nitrogen and oxygen atoms in total. The number of nitrogens with two attached hydrogens (primary N) is 1. The molecule has 0 saturated carbocycles. The highest BCUT2D eigenvalue weighted by Gasteiger charge is 2.17. The molecular weight excluding hydrogens is 338 g/mol. The van der Waals surface area contributed by atoms with Crippen LogP contribution in [0.15, 0.2) is 0 Å². The third kappa shape index (κ3) is 13.8. The second kappa shape index (κ2) is 11.2. The van der Waals surface area contributed by atoms with Gasteiger partial charge in [0.05, 0.1) is 32.9 Å². The first-order valence-electron chi connectivity index (χ1n) is 7.90. The normalized spacial score (nSPS) is 13.8. The van der Waals surface area contributed by atoms with Gasteiger partial charge in [-0.2, -0.15) is 20.2 Å². The molecule has 9 heteroatoms. The van der Waals surface area contributed by atoms with Crippen molar-refractivity contribution in [2.24, 2.45) is 11.7 Å². The number of carbonyl (C=O) groups is 1. The predicted molar refractivity (Wildman–Crippen MR) is 96.0 cm³/mol. The van der Waals surface area contributed by atoms with E-state index in [1.807, 2.05) is 21.0 Å². The summed E-state index contributed by atoms with van der Waals surface area (Å²) in [5.74, 6) is 1.48. The Bertz CT molecular complexity index is 441. The van der Waals surface area contributed by atoms with E-state index >= 15 is 0 Å². The van der Waals surface area contributed by atoms with E-state index in [1.165, 1.54) is 0 Å². The molecule has 0 aromatic heterocycles. The average molecular weight is 371 g/mol. The molecule has 0 rings (SSSR count). The number of amides is 1. The van der Waals surface area contributed by atoms with E-state index in [9.17, 15) is 13.2 Å². The summed E-state index contributed by atoms with van der Waals surface area (Å²) in [5.41, 5.74) is 5.42. The molecule has 0 aromatic rings. The quantitative estimate of drug-likeness (QED) is 0.242. The van der Waals surface area contributed by atoms with Crippen molar-refractivity contribution < 1.29 is 22.2 Å². The zero-order valence-corrected chi connectivity index (χ0v) is 16.1. The summed E-state index contributed by atoms with van der Waals surface area (Å²) < 4.78 is 30.8. The van der Waals surface area contributed by atoms with Crippen molar-refractivity contribution in [2.75, 3.05) is 57.5 Å². The standard InChI is InChI=1S/C14H31N3O4S2/c1-13(12-22-10-6-15)14(18)16-7-4-8-17(2,3)9-5-11-23(19,20)21/h13H,4-12,15H2,1-3H3,(H-,16,18,19,20,21)/p+1. The highest BCUT2D eigenvalue weighted by molar-refractivity contribution is 7.99. The summed E-state index contributed by atoms with van der Waals surface area (Å²) >= 11 is 1.69. The number of nitrogens with one attached hydrogen (secondary N) is 1. The van der Waals surface area contributed by atoms with Gasteiger partial charge < -0.3 is 15.5 Å². The third-order valence-electron chi connectivity index (χ3n) is 3.48. The van der Waals surface area contributed by atoms with Crippen LogP contribution in [-0.2, 0) is 14.9 Å². The molecule has 0 aliphatic heterocycles. The fourth-order valence-electron chi connectivity index (χ4n) is 2.10. The van der Waals surface area contributed by atoms with Gasteiger partial charge in [0.25, 0.3) is 10.1 Å². The number of nitrogens with zero attached hydrogens (tertiary/aromatic N) is 1. The third-order valence-corrected chi connectivity index (χ3v) is 5.55. The molecule has 0 aliphatic carbocycles. The number of hydrogen-bond donors (Lipinski definition) is 3. The second-order valence-corrected chi connectivity index (χ2v) is 9.15. The number of hydrogen-bond acceptors (Lipinski definition) is 5. The van der Waals surface area contributed by atoms with E-state index in [-0.39, 0.29) is 17.6 Å². The van der Waals surface area contributed by atoms with Gasteiger partial charge in [0, 0.05) is 43.4 Å². The summed E-state index contributed by atoms with van der Waals surface area (Å²) in [4.78, 5) is 11.9. The van der Waals surface area contributed by atoms with Gasteiger partial charge in [0.15, 0.2) is 0 Å². The first-order valence-corrected chi connectivity index (χ1v) is 10.7. The van der Waals surface area contributed by atoms with Crippen molar-refractivity contribution in [2.45, 2.75) is 19.8 Å². The summed E-state index contributed by atoms with van der Waals surface area (Å²) in [6, 6.07) is 0. The summed E-state index contributed by atoms with van der Waals surface area (Å²) in [5, 5.41) is 2.93. The van der Waals surface area contributed by atoms with Gasteiger partial charge in [-0.05, 0) is 0 Å². The van der Waals surface area contributed by atoms with E-state index in [1.54, 1.807) is 11.8 Å². The van der Waals surface area contributed by atoms with Crippen LogP contribution in [0.5, 0.6) is 0 Å². The van der Waals surface area contributed by atoms with Crippen molar-refractivity contribution in [3.63, 3.8) is 0 Å². The zero-order valence-electron chi connectivity index (χ0n) is 14.5. The Morgan fingerprint density at radius 2 is 1.91 bits per heavy atom. The molecule has 0 heterocycles. The fraction of sp³-hybridized carbons (Fsp3) is 0.929. The molecule has 1 atom stereocenters. The lowest BCUT2D eigenvalue weighted by Crippen LogP contribution is -2.43. The van der Waals surface area contributed by atoms with E-state index in [0.717, 1.165) is 24.5 Å². The fourth-order valence-corrected chi connectivity index (χ4v) is 3.43. The molecule has 4 N–H and O–H groups in total. The maximum Gasteiger partial charge on any atom is 0.265 e. The lowest BCUT2D eigenvalue weighted by molar-refractivity contribution is -0.890. The van der Waals surface area contributed by atoms with Crippen molar-refractivity contribution in [1.82, 2.24) is 5.32 Å². The van der Waals surface area contributed by atoms with Gasteiger partial charge in [-0.1, -0.05) is 6.92 Å². The Kier molecular flexibility index (Phi) is 11.1. The molecule has 0 spiro atoms. The van der Waals surface area contributed by atoms with Crippen LogP contribution in [0.25, 0.3) is 0 Å². The number of thioether (sulfide) groups is 1. The van der Waals surface area contributed by atoms with E-state index < -0.39 is 10.1 Å². The van der Waals surface area contributed by atoms with Crippen LogP contribution in [-0.4, -0.2) is 80.9 Å². The number of quaternary nitrogens is 1. The first kappa shape index (κ1) is 22.6. The van der Waals surface area contributed by atoms with Gasteiger partial charge in [-0.15, -0.1) is 0 Å².